The number of nitrogens with zero attached hydrogens (tertiary/aromatic N) is 4. The first-order valence-corrected chi connectivity index (χ1v) is 13.5. The van der Waals surface area contributed by atoms with Gasteiger partial charge in [-0.2, -0.15) is 5.26 Å². The lowest BCUT2D eigenvalue weighted by Gasteiger charge is -2.24. The molecule has 0 radical (unpaired) electrons. The summed E-state index contributed by atoms with van der Waals surface area (Å²) in [5.41, 5.74) is 3.14. The van der Waals surface area contributed by atoms with Gasteiger partial charge >= 0.3 is 0 Å². The number of rotatable bonds is 4. The number of imidazole rings is 1. The number of halogens is 1. The summed E-state index contributed by atoms with van der Waals surface area (Å²) in [6, 6.07) is 5.99. The van der Waals surface area contributed by atoms with Gasteiger partial charge in [0.25, 0.3) is 0 Å². The second-order valence-corrected chi connectivity index (χ2v) is 12.0. The predicted molar refractivity (Wildman–Crippen MR) is 129 cm³/mol. The zero-order valence-electron chi connectivity index (χ0n) is 17.8. The molecule has 1 aliphatic heterocycles. The molecule has 1 fully saturated rings. The minimum atomic E-state index is -2.71. The molecule has 1 saturated heterocycles. The number of aromatic nitrogens is 4. The van der Waals surface area contributed by atoms with Gasteiger partial charge in [-0.3, -0.25) is 4.40 Å². The molecule has 0 amide bonds. The number of nitrogens with one attached hydrogen (secondary N) is 3. The smallest absolute Gasteiger partial charge is 0.181 e. The van der Waals surface area contributed by atoms with Gasteiger partial charge in [-0.05, 0) is 38.8 Å². The Bertz CT molecular complexity index is 1420. The Hall–Kier alpha value is -2.85. The Morgan fingerprint density at radius 1 is 1.38 bits per heavy atom. The summed E-state index contributed by atoms with van der Waals surface area (Å²) >= 11 is 6.78. The maximum absolute atomic E-state index is 13.0. The van der Waals surface area contributed by atoms with Crippen molar-refractivity contribution in [1.29, 1.82) is 5.26 Å². The van der Waals surface area contributed by atoms with Crippen molar-refractivity contribution < 1.29 is 4.57 Å². The molecule has 4 aromatic rings. The van der Waals surface area contributed by atoms with E-state index in [0.29, 0.717) is 38.7 Å². The van der Waals surface area contributed by atoms with Crippen LogP contribution in [0.3, 0.4) is 0 Å². The Morgan fingerprint density at radius 3 is 2.94 bits per heavy atom. The Balaban J connectivity index is 1.71. The maximum atomic E-state index is 13.0. The number of piperidine rings is 1. The van der Waals surface area contributed by atoms with Gasteiger partial charge in [-0.25, -0.2) is 9.97 Å². The van der Waals surface area contributed by atoms with Crippen LogP contribution in [-0.2, 0) is 4.57 Å². The largest absolute Gasteiger partial charge is 0.363 e. The van der Waals surface area contributed by atoms with Gasteiger partial charge in [0.15, 0.2) is 11.5 Å². The number of aromatic amines is 1. The molecule has 0 unspecified atom stereocenters. The van der Waals surface area contributed by atoms with E-state index in [-0.39, 0.29) is 6.04 Å². The highest BCUT2D eigenvalue weighted by Crippen LogP contribution is 2.41. The van der Waals surface area contributed by atoms with E-state index >= 15 is 0 Å². The summed E-state index contributed by atoms with van der Waals surface area (Å²) in [6.07, 6.45) is 7.48. The van der Waals surface area contributed by atoms with Gasteiger partial charge in [0, 0.05) is 42.1 Å². The fourth-order valence-corrected chi connectivity index (χ4v) is 6.13. The van der Waals surface area contributed by atoms with Gasteiger partial charge < -0.3 is 20.2 Å². The number of fused-ring (bicyclic) bond motifs is 2. The van der Waals surface area contributed by atoms with Crippen molar-refractivity contribution in [1.82, 2.24) is 24.7 Å². The van der Waals surface area contributed by atoms with Crippen LogP contribution < -0.4 is 15.9 Å². The van der Waals surface area contributed by atoms with Crippen LogP contribution in [0.2, 0.25) is 5.15 Å². The van der Waals surface area contributed by atoms with E-state index in [9.17, 15) is 9.83 Å². The lowest BCUT2D eigenvalue weighted by atomic mass is 10.1. The van der Waals surface area contributed by atoms with Crippen LogP contribution in [0.5, 0.6) is 0 Å². The third kappa shape index (κ3) is 3.47. The highest BCUT2D eigenvalue weighted by molar-refractivity contribution is 7.70. The van der Waals surface area contributed by atoms with E-state index in [0.717, 1.165) is 36.9 Å². The molecule has 10 heteroatoms. The maximum Gasteiger partial charge on any atom is 0.181 e. The highest BCUT2D eigenvalue weighted by atomic mass is 35.5. The first kappa shape index (κ1) is 21.0. The fourth-order valence-electron chi connectivity index (χ4n) is 4.42. The summed E-state index contributed by atoms with van der Waals surface area (Å²) in [7, 11) is -2.71. The third-order valence-electron chi connectivity index (χ3n) is 5.86. The number of benzene rings is 1. The summed E-state index contributed by atoms with van der Waals surface area (Å²) in [5, 5.41) is 18.3. The summed E-state index contributed by atoms with van der Waals surface area (Å²) < 4.78 is 14.8. The number of hydrogen-bond acceptors (Lipinski definition) is 6. The molecule has 3 N–H and O–H groups in total. The second-order valence-electron chi connectivity index (χ2n) is 8.46. The monoisotopic (exact) mass is 467 g/mol. The normalized spacial score (nSPS) is 17.0. The molecule has 0 spiro atoms. The zero-order valence-corrected chi connectivity index (χ0v) is 19.5. The Labute approximate surface area is 190 Å². The lowest BCUT2D eigenvalue weighted by molar-refractivity contribution is 0.479. The van der Waals surface area contributed by atoms with Crippen LogP contribution in [0.4, 0.5) is 5.82 Å². The molecule has 5 rings (SSSR count). The molecule has 0 bridgehead atoms. The van der Waals surface area contributed by atoms with Crippen molar-refractivity contribution in [3.8, 4) is 17.3 Å². The van der Waals surface area contributed by atoms with Gasteiger partial charge in [0.1, 0.15) is 18.0 Å². The number of H-pyrrole nitrogens is 1. The van der Waals surface area contributed by atoms with Crippen molar-refractivity contribution in [2.24, 2.45) is 0 Å². The molecule has 164 valence electrons. The first-order valence-electron chi connectivity index (χ1n) is 10.5. The SMILES string of the molecule is CP(C)(=O)c1c(C#N)ccc2c(-c3nc(N[C@H]4CCCNC4)c4nccn4c3Cl)c[nH]c12. The van der Waals surface area contributed by atoms with E-state index in [1.54, 1.807) is 25.6 Å². The van der Waals surface area contributed by atoms with Crippen molar-refractivity contribution in [2.75, 3.05) is 31.7 Å². The average molecular weight is 468 g/mol. The minimum Gasteiger partial charge on any atom is -0.363 e. The number of anilines is 1. The van der Waals surface area contributed by atoms with E-state index < -0.39 is 7.14 Å². The second kappa shape index (κ2) is 7.93. The highest BCUT2D eigenvalue weighted by Gasteiger charge is 2.25. The fraction of sp³-hybridized carbons (Fsp3) is 0.318. The van der Waals surface area contributed by atoms with Crippen molar-refractivity contribution in [3.63, 3.8) is 0 Å². The summed E-state index contributed by atoms with van der Waals surface area (Å²) in [6.45, 7) is 5.23. The predicted octanol–water partition coefficient (Wildman–Crippen LogP) is 3.81. The van der Waals surface area contributed by atoms with Gasteiger partial charge in [0.05, 0.1) is 22.5 Å². The van der Waals surface area contributed by atoms with Crippen LogP contribution in [-0.4, -0.2) is 51.8 Å². The van der Waals surface area contributed by atoms with Gasteiger partial charge in [0.2, 0.25) is 0 Å². The topological polar surface area (TPSA) is 111 Å². The lowest BCUT2D eigenvalue weighted by Crippen LogP contribution is -2.38. The van der Waals surface area contributed by atoms with Crippen LogP contribution in [0.1, 0.15) is 18.4 Å². The molecular formula is C22H23ClN7OP. The van der Waals surface area contributed by atoms with Crippen LogP contribution >= 0.6 is 18.7 Å². The number of hydrogen-bond donors (Lipinski definition) is 3. The molecule has 4 heterocycles. The van der Waals surface area contributed by atoms with E-state index in [4.69, 9.17) is 16.6 Å². The van der Waals surface area contributed by atoms with E-state index in [1.807, 2.05) is 22.9 Å². The van der Waals surface area contributed by atoms with Crippen LogP contribution in [0, 0.1) is 11.3 Å². The Morgan fingerprint density at radius 2 is 2.22 bits per heavy atom. The zero-order chi connectivity index (χ0) is 22.5. The van der Waals surface area contributed by atoms with Crippen molar-refractivity contribution in [2.45, 2.75) is 18.9 Å². The molecule has 1 atom stereocenters. The van der Waals surface area contributed by atoms with Gasteiger partial charge in [-0.1, -0.05) is 17.7 Å². The molecule has 3 aromatic heterocycles. The molecular weight excluding hydrogens is 445 g/mol. The van der Waals surface area contributed by atoms with Gasteiger partial charge in [-0.15, -0.1) is 0 Å². The quantitative estimate of drug-likeness (QED) is 0.393. The Kier molecular flexibility index (Phi) is 5.21. The van der Waals surface area contributed by atoms with E-state index in [1.165, 1.54) is 0 Å². The summed E-state index contributed by atoms with van der Waals surface area (Å²) in [5.74, 6) is 0.669. The average Bonchev–Trinajstić information content (AvgIpc) is 3.43. The molecule has 1 aromatic carbocycles. The van der Waals surface area contributed by atoms with E-state index in [2.05, 4.69) is 26.7 Å². The van der Waals surface area contributed by atoms with Crippen molar-refractivity contribution in [3.05, 3.63) is 41.4 Å². The van der Waals surface area contributed by atoms with Crippen molar-refractivity contribution >= 4 is 46.4 Å². The first-order chi connectivity index (χ1) is 15.4. The van der Waals surface area contributed by atoms with Crippen LogP contribution in [0.25, 0.3) is 27.8 Å². The standard InChI is InChI=1S/C22H23ClN7OP/c1-32(2,31)19-13(10-24)5-6-15-16(12-27-17(15)19)18-20(23)30-9-8-26-22(30)21(29-18)28-14-4-3-7-25-11-14/h5-6,8-9,12,14,25,27H,3-4,7,11H2,1-2H3,(H,28,29)/t14-/m0/s1. The molecule has 8 nitrogen and oxygen atoms in total. The summed E-state index contributed by atoms with van der Waals surface area (Å²) in [4.78, 5) is 12.6. The molecule has 32 heavy (non-hydrogen) atoms. The molecule has 1 aliphatic rings. The third-order valence-corrected chi connectivity index (χ3v) is 7.77. The molecule has 0 saturated carbocycles. The van der Waals surface area contributed by atoms with Crippen LogP contribution in [0.15, 0.2) is 30.7 Å². The molecule has 0 aliphatic carbocycles. The minimum absolute atomic E-state index is 0.254. The number of nitriles is 1.